The Morgan fingerprint density at radius 1 is 1.04 bits per heavy atom. The molecule has 4 rings (SSSR count). The second-order valence-electron chi connectivity index (χ2n) is 6.13. The van der Waals surface area contributed by atoms with Crippen molar-refractivity contribution in [3.8, 4) is 11.4 Å². The van der Waals surface area contributed by atoms with Crippen LogP contribution >= 0.6 is 23.2 Å². The number of likely N-dealkylation sites (tertiary alicyclic amines) is 1. The standard InChI is InChI=1S/C19H15Cl2N3O2/c20-14-7-3-12(4-8-14)17-22-18(26-23-17)16-2-1-11-24(16)19(25)13-5-9-15(21)10-6-13/h3-10,16H,1-2,11H2/t16-/m1/s1. The summed E-state index contributed by atoms with van der Waals surface area (Å²) >= 11 is 11.8. The van der Waals surface area contributed by atoms with Gasteiger partial charge in [-0.15, -0.1) is 0 Å². The minimum absolute atomic E-state index is 0.0598. The number of aromatic nitrogens is 2. The molecule has 1 fully saturated rings. The highest BCUT2D eigenvalue weighted by atomic mass is 35.5. The molecule has 0 N–H and O–H groups in total. The van der Waals surface area contributed by atoms with Crippen LogP contribution in [0.15, 0.2) is 53.1 Å². The van der Waals surface area contributed by atoms with Crippen LogP contribution in [0.5, 0.6) is 0 Å². The molecule has 132 valence electrons. The van der Waals surface area contributed by atoms with E-state index < -0.39 is 0 Å². The van der Waals surface area contributed by atoms with E-state index in [9.17, 15) is 4.79 Å². The van der Waals surface area contributed by atoms with Gasteiger partial charge >= 0.3 is 0 Å². The van der Waals surface area contributed by atoms with E-state index in [4.69, 9.17) is 27.7 Å². The van der Waals surface area contributed by atoms with Gasteiger partial charge in [-0.1, -0.05) is 28.4 Å². The molecule has 0 spiro atoms. The smallest absolute Gasteiger partial charge is 0.254 e. The molecule has 1 aliphatic heterocycles. The zero-order chi connectivity index (χ0) is 18.1. The Kier molecular flexibility index (Phi) is 4.66. The minimum Gasteiger partial charge on any atom is -0.337 e. The van der Waals surface area contributed by atoms with Gasteiger partial charge in [0.15, 0.2) is 0 Å². The molecule has 1 saturated heterocycles. The van der Waals surface area contributed by atoms with Crippen LogP contribution in [-0.2, 0) is 0 Å². The van der Waals surface area contributed by atoms with Gasteiger partial charge in [0.1, 0.15) is 6.04 Å². The minimum atomic E-state index is -0.216. The quantitative estimate of drug-likeness (QED) is 0.632. The van der Waals surface area contributed by atoms with Crippen LogP contribution in [0.1, 0.15) is 35.1 Å². The van der Waals surface area contributed by atoms with E-state index in [0.717, 1.165) is 18.4 Å². The van der Waals surface area contributed by atoms with Gasteiger partial charge in [-0.25, -0.2) is 0 Å². The maximum absolute atomic E-state index is 12.8. The molecule has 0 unspecified atom stereocenters. The molecule has 1 atom stereocenters. The Morgan fingerprint density at radius 2 is 1.69 bits per heavy atom. The van der Waals surface area contributed by atoms with Gasteiger partial charge in [-0.05, 0) is 61.4 Å². The molecule has 2 heterocycles. The molecule has 1 aromatic heterocycles. The average molecular weight is 388 g/mol. The largest absolute Gasteiger partial charge is 0.337 e. The van der Waals surface area contributed by atoms with Crippen LogP contribution in [0.25, 0.3) is 11.4 Å². The van der Waals surface area contributed by atoms with Crippen molar-refractivity contribution in [1.29, 1.82) is 0 Å². The zero-order valence-electron chi connectivity index (χ0n) is 13.7. The lowest BCUT2D eigenvalue weighted by atomic mass is 10.1. The lowest BCUT2D eigenvalue weighted by molar-refractivity contribution is 0.0710. The Bertz CT molecular complexity index is 923. The van der Waals surface area contributed by atoms with E-state index in [1.165, 1.54) is 0 Å². The Morgan fingerprint density at radius 3 is 2.38 bits per heavy atom. The third-order valence-corrected chi connectivity index (χ3v) is 4.94. The van der Waals surface area contributed by atoms with Crippen LogP contribution < -0.4 is 0 Å². The van der Waals surface area contributed by atoms with Crippen LogP contribution in [0.2, 0.25) is 10.0 Å². The van der Waals surface area contributed by atoms with Crippen molar-refractivity contribution >= 4 is 29.1 Å². The topological polar surface area (TPSA) is 59.2 Å². The van der Waals surface area contributed by atoms with Crippen molar-refractivity contribution in [2.24, 2.45) is 0 Å². The van der Waals surface area contributed by atoms with Gasteiger partial charge in [0.2, 0.25) is 11.7 Å². The third kappa shape index (κ3) is 3.32. The number of carbonyl (C=O) groups is 1. The van der Waals surface area contributed by atoms with Crippen LogP contribution in [0.3, 0.4) is 0 Å². The van der Waals surface area contributed by atoms with Crippen molar-refractivity contribution in [2.75, 3.05) is 6.54 Å². The van der Waals surface area contributed by atoms with Gasteiger partial charge in [-0.2, -0.15) is 4.98 Å². The molecular formula is C19H15Cl2N3O2. The van der Waals surface area contributed by atoms with E-state index in [-0.39, 0.29) is 11.9 Å². The lowest BCUT2D eigenvalue weighted by Gasteiger charge is -2.21. The van der Waals surface area contributed by atoms with Gasteiger partial charge < -0.3 is 9.42 Å². The molecule has 3 aromatic rings. The van der Waals surface area contributed by atoms with Gasteiger partial charge in [0.05, 0.1) is 0 Å². The summed E-state index contributed by atoms with van der Waals surface area (Å²) in [7, 11) is 0. The van der Waals surface area contributed by atoms with Crippen molar-refractivity contribution in [2.45, 2.75) is 18.9 Å². The fourth-order valence-electron chi connectivity index (χ4n) is 3.11. The van der Waals surface area contributed by atoms with E-state index in [2.05, 4.69) is 10.1 Å². The molecule has 26 heavy (non-hydrogen) atoms. The number of halogens is 2. The first-order chi connectivity index (χ1) is 12.6. The number of carbonyl (C=O) groups excluding carboxylic acids is 1. The monoisotopic (exact) mass is 387 g/mol. The number of nitrogens with zero attached hydrogens (tertiary/aromatic N) is 3. The SMILES string of the molecule is O=C(c1ccc(Cl)cc1)N1CCC[C@@H]1c1nc(-c2ccc(Cl)cc2)no1. The molecule has 1 aliphatic rings. The number of benzene rings is 2. The van der Waals surface area contributed by atoms with Gasteiger partial charge in [0.25, 0.3) is 5.91 Å². The fraction of sp³-hybridized carbons (Fsp3) is 0.211. The maximum Gasteiger partial charge on any atom is 0.254 e. The number of amides is 1. The summed E-state index contributed by atoms with van der Waals surface area (Å²) in [4.78, 5) is 19.1. The maximum atomic E-state index is 12.8. The molecular weight excluding hydrogens is 373 g/mol. The second-order valence-corrected chi connectivity index (χ2v) is 7.00. The summed E-state index contributed by atoms with van der Waals surface area (Å²) in [6.07, 6.45) is 1.68. The number of hydrogen-bond donors (Lipinski definition) is 0. The number of rotatable bonds is 3. The first kappa shape index (κ1) is 17.1. The Hall–Kier alpha value is -2.37. The molecule has 0 aliphatic carbocycles. The van der Waals surface area contributed by atoms with E-state index in [1.54, 1.807) is 41.3 Å². The summed E-state index contributed by atoms with van der Waals surface area (Å²) in [5, 5.41) is 5.30. The molecule has 2 aromatic carbocycles. The van der Waals surface area contributed by atoms with Crippen molar-refractivity contribution in [1.82, 2.24) is 15.0 Å². The fourth-order valence-corrected chi connectivity index (χ4v) is 3.36. The summed E-state index contributed by atoms with van der Waals surface area (Å²) in [6.45, 7) is 0.658. The second kappa shape index (κ2) is 7.09. The average Bonchev–Trinajstić information content (AvgIpc) is 3.31. The van der Waals surface area contributed by atoms with Crippen LogP contribution in [-0.4, -0.2) is 27.5 Å². The highest BCUT2D eigenvalue weighted by Gasteiger charge is 2.34. The van der Waals surface area contributed by atoms with Crippen LogP contribution in [0.4, 0.5) is 0 Å². The van der Waals surface area contributed by atoms with Gasteiger partial charge in [0, 0.05) is 27.7 Å². The van der Waals surface area contributed by atoms with Crippen molar-refractivity contribution in [3.05, 3.63) is 70.0 Å². The van der Waals surface area contributed by atoms with E-state index in [0.29, 0.717) is 33.9 Å². The molecule has 0 saturated carbocycles. The lowest BCUT2D eigenvalue weighted by Crippen LogP contribution is -2.30. The molecule has 0 bridgehead atoms. The normalized spacial score (nSPS) is 16.8. The third-order valence-electron chi connectivity index (χ3n) is 4.43. The van der Waals surface area contributed by atoms with Crippen LogP contribution in [0, 0.1) is 0 Å². The van der Waals surface area contributed by atoms with Crippen molar-refractivity contribution < 1.29 is 9.32 Å². The summed E-state index contributed by atoms with van der Waals surface area (Å²) in [5.74, 6) is 0.882. The molecule has 0 radical (unpaired) electrons. The number of hydrogen-bond acceptors (Lipinski definition) is 4. The molecule has 1 amide bonds. The zero-order valence-corrected chi connectivity index (χ0v) is 15.2. The highest BCUT2D eigenvalue weighted by Crippen LogP contribution is 2.33. The summed E-state index contributed by atoms with van der Waals surface area (Å²) in [5.41, 5.74) is 1.41. The van der Waals surface area contributed by atoms with Gasteiger partial charge in [-0.3, -0.25) is 4.79 Å². The van der Waals surface area contributed by atoms with Crippen molar-refractivity contribution in [3.63, 3.8) is 0 Å². The first-order valence-corrected chi connectivity index (χ1v) is 9.03. The first-order valence-electron chi connectivity index (χ1n) is 8.28. The van der Waals surface area contributed by atoms with E-state index in [1.807, 2.05) is 12.1 Å². The summed E-state index contributed by atoms with van der Waals surface area (Å²) < 4.78 is 5.46. The predicted octanol–water partition coefficient (Wildman–Crippen LogP) is 5.02. The van der Waals surface area contributed by atoms with E-state index >= 15 is 0 Å². The molecule has 7 heteroatoms. The predicted molar refractivity (Wildman–Crippen MR) is 99.2 cm³/mol. The Balaban J connectivity index is 1.58. The highest BCUT2D eigenvalue weighted by molar-refractivity contribution is 6.30. The molecule has 5 nitrogen and oxygen atoms in total. The summed E-state index contributed by atoms with van der Waals surface area (Å²) in [6, 6.07) is 13.9. The Labute approximate surface area is 160 Å².